The van der Waals surface area contributed by atoms with Gasteiger partial charge in [0.1, 0.15) is 6.04 Å². The molecule has 0 saturated carbocycles. The molecule has 2 atom stereocenters. The number of carboxylic acid groups (broad SMARTS) is 1. The average Bonchev–Trinajstić information content (AvgIpc) is 3.08. The molecule has 4 N–H and O–H groups in total. The van der Waals surface area contributed by atoms with Crippen LogP contribution in [0.5, 0.6) is 0 Å². The molecule has 1 unspecified atom stereocenters. The van der Waals surface area contributed by atoms with Gasteiger partial charge in [-0.05, 0) is 32.4 Å². The van der Waals surface area contributed by atoms with Gasteiger partial charge in [0, 0.05) is 19.1 Å². The SMILES string of the molecule is NC(=O)C[C@@H](NC(=O)N1CCC(N2CCCC2)C1)C(=O)O. The number of primary amides is 1. The minimum Gasteiger partial charge on any atom is -0.480 e. The van der Waals surface area contributed by atoms with E-state index in [-0.39, 0.29) is 0 Å². The number of nitrogens with zero attached hydrogens (tertiary/aromatic N) is 2. The van der Waals surface area contributed by atoms with Crippen molar-refractivity contribution >= 4 is 17.9 Å². The zero-order chi connectivity index (χ0) is 15.4. The number of likely N-dealkylation sites (tertiary alicyclic amines) is 2. The van der Waals surface area contributed by atoms with E-state index in [4.69, 9.17) is 10.8 Å². The molecule has 0 aromatic heterocycles. The largest absolute Gasteiger partial charge is 0.480 e. The van der Waals surface area contributed by atoms with Crippen LogP contribution in [0.4, 0.5) is 4.79 Å². The molecule has 21 heavy (non-hydrogen) atoms. The first-order valence-corrected chi connectivity index (χ1v) is 7.28. The lowest BCUT2D eigenvalue weighted by Crippen LogP contribution is -2.49. The van der Waals surface area contributed by atoms with Crippen molar-refractivity contribution in [1.29, 1.82) is 0 Å². The van der Waals surface area contributed by atoms with Gasteiger partial charge in [-0.25, -0.2) is 9.59 Å². The minimum absolute atomic E-state index is 0.359. The van der Waals surface area contributed by atoms with Crippen LogP contribution in [0.2, 0.25) is 0 Å². The van der Waals surface area contributed by atoms with Crippen molar-refractivity contribution in [3.05, 3.63) is 0 Å². The lowest BCUT2D eigenvalue weighted by Gasteiger charge is -2.24. The van der Waals surface area contributed by atoms with Gasteiger partial charge in [-0.2, -0.15) is 0 Å². The Hall–Kier alpha value is -1.83. The summed E-state index contributed by atoms with van der Waals surface area (Å²) in [5, 5.41) is 11.4. The van der Waals surface area contributed by atoms with E-state index >= 15 is 0 Å². The molecule has 3 amide bonds. The Bertz CT molecular complexity index is 422. The van der Waals surface area contributed by atoms with Crippen LogP contribution in [0, 0.1) is 0 Å². The van der Waals surface area contributed by atoms with Crippen molar-refractivity contribution in [2.45, 2.75) is 37.8 Å². The third-order valence-electron chi connectivity index (χ3n) is 4.11. The molecule has 2 fully saturated rings. The fraction of sp³-hybridized carbons (Fsp3) is 0.769. The first kappa shape index (κ1) is 15.6. The van der Waals surface area contributed by atoms with Crippen LogP contribution in [0.15, 0.2) is 0 Å². The standard InChI is InChI=1S/C13H22N4O4/c14-11(18)7-10(12(19)20)15-13(21)17-6-3-9(8-17)16-4-1-2-5-16/h9-10H,1-8H2,(H2,14,18)(H,15,21)(H,19,20)/t9?,10-/m1/s1. The molecule has 0 aromatic rings. The first-order chi connectivity index (χ1) is 9.97. The second-order valence-corrected chi connectivity index (χ2v) is 5.64. The van der Waals surface area contributed by atoms with Crippen molar-refractivity contribution in [3.63, 3.8) is 0 Å². The Kier molecular flexibility index (Phi) is 5.00. The molecule has 0 aromatic carbocycles. The number of urea groups is 1. The second-order valence-electron chi connectivity index (χ2n) is 5.64. The normalized spacial score (nSPS) is 24.0. The third kappa shape index (κ3) is 4.07. The molecule has 2 aliphatic rings. The molecule has 118 valence electrons. The average molecular weight is 298 g/mol. The highest BCUT2D eigenvalue weighted by molar-refractivity contribution is 5.87. The van der Waals surface area contributed by atoms with Gasteiger partial charge in [0.05, 0.1) is 6.42 Å². The minimum atomic E-state index is -1.26. The summed E-state index contributed by atoms with van der Waals surface area (Å²) in [6, 6.07) is -1.34. The van der Waals surface area contributed by atoms with Gasteiger partial charge in [0.15, 0.2) is 0 Å². The Morgan fingerprint density at radius 2 is 1.90 bits per heavy atom. The summed E-state index contributed by atoms with van der Waals surface area (Å²) in [5.41, 5.74) is 4.99. The van der Waals surface area contributed by atoms with E-state index in [0.717, 1.165) is 19.5 Å². The van der Waals surface area contributed by atoms with Crippen molar-refractivity contribution in [3.8, 4) is 0 Å². The van der Waals surface area contributed by atoms with Crippen molar-refractivity contribution < 1.29 is 19.5 Å². The van der Waals surface area contributed by atoms with Gasteiger partial charge >= 0.3 is 12.0 Å². The molecule has 0 spiro atoms. The zero-order valence-corrected chi connectivity index (χ0v) is 12.0. The number of amides is 3. The number of carboxylic acids is 1. The molecule has 0 bridgehead atoms. The highest BCUT2D eigenvalue weighted by Gasteiger charge is 2.33. The molecular weight excluding hydrogens is 276 g/mol. The summed E-state index contributed by atoms with van der Waals surface area (Å²) in [6.07, 6.45) is 2.90. The van der Waals surface area contributed by atoms with E-state index in [9.17, 15) is 14.4 Å². The maximum absolute atomic E-state index is 12.1. The van der Waals surface area contributed by atoms with Gasteiger partial charge in [-0.1, -0.05) is 0 Å². The number of hydrogen-bond acceptors (Lipinski definition) is 4. The predicted molar refractivity (Wildman–Crippen MR) is 74.6 cm³/mol. The molecule has 8 heteroatoms. The summed E-state index contributed by atoms with van der Waals surface area (Å²) in [6.45, 7) is 3.35. The van der Waals surface area contributed by atoms with E-state index in [1.807, 2.05) is 0 Å². The number of nitrogens with two attached hydrogens (primary N) is 1. The number of rotatable bonds is 5. The predicted octanol–water partition coefficient (Wildman–Crippen LogP) is -0.805. The molecule has 2 rings (SSSR count). The highest BCUT2D eigenvalue weighted by atomic mass is 16.4. The summed E-state index contributed by atoms with van der Waals surface area (Å²) in [5.74, 6) is -2.00. The van der Waals surface area contributed by atoms with E-state index in [1.54, 1.807) is 4.90 Å². The van der Waals surface area contributed by atoms with Crippen LogP contribution in [-0.2, 0) is 9.59 Å². The second kappa shape index (κ2) is 6.75. The monoisotopic (exact) mass is 298 g/mol. The summed E-state index contributed by atoms with van der Waals surface area (Å²) < 4.78 is 0. The van der Waals surface area contributed by atoms with Crippen molar-refractivity contribution in [1.82, 2.24) is 15.1 Å². The van der Waals surface area contributed by atoms with Gasteiger partial charge in [0.2, 0.25) is 5.91 Å². The Labute approximate surface area is 123 Å². The van der Waals surface area contributed by atoms with Gasteiger partial charge in [-0.3, -0.25) is 9.69 Å². The molecule has 0 radical (unpaired) electrons. The van der Waals surface area contributed by atoms with Gasteiger partial charge in [-0.15, -0.1) is 0 Å². The van der Waals surface area contributed by atoms with Crippen LogP contribution in [-0.4, -0.2) is 71.1 Å². The lowest BCUT2D eigenvalue weighted by atomic mass is 10.2. The van der Waals surface area contributed by atoms with E-state index < -0.39 is 30.4 Å². The molecule has 2 heterocycles. The quantitative estimate of drug-likeness (QED) is 0.614. The fourth-order valence-corrected chi connectivity index (χ4v) is 2.97. The lowest BCUT2D eigenvalue weighted by molar-refractivity contribution is -0.140. The van der Waals surface area contributed by atoms with Gasteiger partial charge < -0.3 is 21.1 Å². The van der Waals surface area contributed by atoms with Crippen molar-refractivity contribution in [2.75, 3.05) is 26.2 Å². The number of carbonyl (C=O) groups excluding carboxylic acids is 2. The smallest absolute Gasteiger partial charge is 0.326 e. The summed E-state index contributed by atoms with van der Waals surface area (Å²) in [4.78, 5) is 37.9. The summed E-state index contributed by atoms with van der Waals surface area (Å²) in [7, 11) is 0. The molecule has 2 aliphatic heterocycles. The molecule has 0 aliphatic carbocycles. The van der Waals surface area contributed by atoms with Crippen molar-refractivity contribution in [2.24, 2.45) is 5.73 Å². The first-order valence-electron chi connectivity index (χ1n) is 7.28. The fourth-order valence-electron chi connectivity index (χ4n) is 2.97. The topological polar surface area (TPSA) is 116 Å². The maximum Gasteiger partial charge on any atom is 0.326 e. The summed E-state index contributed by atoms with van der Waals surface area (Å²) >= 11 is 0. The Morgan fingerprint density at radius 1 is 1.24 bits per heavy atom. The molecule has 8 nitrogen and oxygen atoms in total. The van der Waals surface area contributed by atoms with Crippen LogP contribution in [0.3, 0.4) is 0 Å². The number of aliphatic carboxylic acids is 1. The van der Waals surface area contributed by atoms with Crippen LogP contribution in [0.1, 0.15) is 25.7 Å². The zero-order valence-electron chi connectivity index (χ0n) is 12.0. The number of hydrogen-bond donors (Lipinski definition) is 3. The molecule has 2 saturated heterocycles. The number of carbonyl (C=O) groups is 3. The number of nitrogens with one attached hydrogen (secondary N) is 1. The molecular formula is C13H22N4O4. The maximum atomic E-state index is 12.1. The van der Waals surface area contributed by atoms with Gasteiger partial charge in [0.25, 0.3) is 0 Å². The van der Waals surface area contributed by atoms with E-state index in [0.29, 0.717) is 19.1 Å². The highest BCUT2D eigenvalue weighted by Crippen LogP contribution is 2.20. The van der Waals surface area contributed by atoms with Crippen LogP contribution >= 0.6 is 0 Å². The van der Waals surface area contributed by atoms with Crippen LogP contribution < -0.4 is 11.1 Å². The van der Waals surface area contributed by atoms with E-state index in [1.165, 1.54) is 12.8 Å². The third-order valence-corrected chi connectivity index (χ3v) is 4.11. The van der Waals surface area contributed by atoms with Crippen LogP contribution in [0.25, 0.3) is 0 Å². The Morgan fingerprint density at radius 3 is 2.48 bits per heavy atom. The Balaban J connectivity index is 1.85. The van der Waals surface area contributed by atoms with E-state index in [2.05, 4.69) is 10.2 Å².